The summed E-state index contributed by atoms with van der Waals surface area (Å²) in [6.45, 7) is -0.800. The number of hydrogen-bond acceptors (Lipinski definition) is 6. The molecule has 2 aromatic rings. The van der Waals surface area contributed by atoms with Gasteiger partial charge in [-0.3, -0.25) is 9.63 Å². The third kappa shape index (κ3) is 4.73. The fourth-order valence-corrected chi connectivity index (χ4v) is 2.99. The van der Waals surface area contributed by atoms with Crippen LogP contribution in [-0.2, 0) is 19.6 Å². The van der Waals surface area contributed by atoms with Crippen LogP contribution >= 0.6 is 0 Å². The first-order valence-corrected chi connectivity index (χ1v) is 8.89. The fourth-order valence-electron chi connectivity index (χ4n) is 2.01. The van der Waals surface area contributed by atoms with Crippen molar-refractivity contribution < 1.29 is 36.4 Å². The van der Waals surface area contributed by atoms with Crippen molar-refractivity contribution in [2.75, 3.05) is 20.8 Å². The summed E-state index contributed by atoms with van der Waals surface area (Å²) in [6, 6.07) is 7.05. The Morgan fingerprint density at radius 3 is 2.30 bits per heavy atom. The summed E-state index contributed by atoms with van der Waals surface area (Å²) in [5, 5.41) is 0. The quantitative estimate of drug-likeness (QED) is 0.403. The van der Waals surface area contributed by atoms with Crippen LogP contribution in [0.25, 0.3) is 0 Å². The van der Waals surface area contributed by atoms with Gasteiger partial charge in [-0.2, -0.15) is 0 Å². The summed E-state index contributed by atoms with van der Waals surface area (Å²) >= 11 is 0. The number of Topliss-reactive ketones (excluding diaryl/α,β-unsaturated/α-hetero) is 1. The number of nitrogens with zero attached hydrogens (tertiary/aromatic N) is 1. The van der Waals surface area contributed by atoms with Crippen LogP contribution in [0.1, 0.15) is 20.7 Å². The zero-order valence-corrected chi connectivity index (χ0v) is 15.1. The predicted octanol–water partition coefficient (Wildman–Crippen LogP) is 2.19. The van der Waals surface area contributed by atoms with E-state index >= 15 is 0 Å². The van der Waals surface area contributed by atoms with Crippen molar-refractivity contribution in [3.05, 3.63) is 65.2 Å². The van der Waals surface area contributed by atoms with Crippen molar-refractivity contribution in [3.63, 3.8) is 0 Å². The van der Waals surface area contributed by atoms with Crippen LogP contribution in [0, 0.1) is 11.6 Å². The molecule has 0 aromatic heterocycles. The van der Waals surface area contributed by atoms with Gasteiger partial charge < -0.3 is 4.74 Å². The van der Waals surface area contributed by atoms with E-state index in [-0.39, 0.29) is 10.5 Å². The minimum Gasteiger partial charge on any atom is -0.454 e. The van der Waals surface area contributed by atoms with Gasteiger partial charge in [0.2, 0.25) is 5.78 Å². The first-order chi connectivity index (χ1) is 12.7. The molecule has 0 aliphatic heterocycles. The molecule has 27 heavy (non-hydrogen) atoms. The molecular weight excluding hydrogens is 384 g/mol. The lowest BCUT2D eigenvalue weighted by atomic mass is 10.1. The van der Waals surface area contributed by atoms with Crippen molar-refractivity contribution in [1.82, 2.24) is 4.47 Å². The Hall–Kier alpha value is -2.69. The summed E-state index contributed by atoms with van der Waals surface area (Å²) in [4.78, 5) is 28.3. The van der Waals surface area contributed by atoms with E-state index in [9.17, 15) is 26.8 Å². The Morgan fingerprint density at radius 1 is 1.07 bits per heavy atom. The molecular formula is C17H15F2NO6S. The molecule has 7 nitrogen and oxygen atoms in total. The molecule has 0 spiro atoms. The standard InChI is InChI=1S/C17H15F2NO6S/c1-20(25-2)27(23,24)13-6-3-11(4-7-13)17(22)26-10-16(21)14-9-12(18)5-8-15(14)19/h3-9H,10H2,1-2H3. The summed E-state index contributed by atoms with van der Waals surface area (Å²) in [7, 11) is -1.49. The van der Waals surface area contributed by atoms with Crippen LogP contribution in [0.15, 0.2) is 47.4 Å². The third-order valence-electron chi connectivity index (χ3n) is 3.55. The van der Waals surface area contributed by atoms with Gasteiger partial charge in [0.25, 0.3) is 10.0 Å². The Morgan fingerprint density at radius 2 is 1.70 bits per heavy atom. The molecule has 0 heterocycles. The van der Waals surface area contributed by atoms with Gasteiger partial charge in [-0.1, -0.05) is 4.47 Å². The van der Waals surface area contributed by atoms with E-state index in [0.29, 0.717) is 10.5 Å². The first-order valence-electron chi connectivity index (χ1n) is 7.45. The number of sulfonamides is 1. The largest absolute Gasteiger partial charge is 0.454 e. The molecule has 10 heteroatoms. The normalized spacial score (nSPS) is 11.4. The number of hydrogen-bond donors (Lipinski definition) is 0. The topological polar surface area (TPSA) is 90.0 Å². The lowest BCUT2D eigenvalue weighted by Crippen LogP contribution is -2.25. The number of ketones is 1. The number of carbonyl (C=O) groups is 2. The number of hydroxylamine groups is 1. The van der Waals surface area contributed by atoms with Gasteiger partial charge in [0.1, 0.15) is 11.6 Å². The zero-order chi connectivity index (χ0) is 20.2. The molecule has 0 fully saturated rings. The minimum absolute atomic E-state index is 0.0264. The van der Waals surface area contributed by atoms with Gasteiger partial charge >= 0.3 is 5.97 Å². The highest BCUT2D eigenvalue weighted by molar-refractivity contribution is 7.89. The summed E-state index contributed by atoms with van der Waals surface area (Å²) in [5.41, 5.74) is -0.562. The van der Waals surface area contributed by atoms with E-state index in [1.54, 1.807) is 0 Å². The van der Waals surface area contributed by atoms with Gasteiger partial charge in [0.15, 0.2) is 6.61 Å². The van der Waals surface area contributed by atoms with E-state index in [0.717, 1.165) is 24.3 Å². The third-order valence-corrected chi connectivity index (χ3v) is 5.24. The monoisotopic (exact) mass is 399 g/mol. The van der Waals surface area contributed by atoms with Crippen molar-refractivity contribution in [1.29, 1.82) is 0 Å². The maximum atomic E-state index is 13.5. The second kappa shape index (κ2) is 8.33. The summed E-state index contributed by atoms with van der Waals surface area (Å²) in [5.74, 6) is -3.58. The number of halogens is 2. The van der Waals surface area contributed by atoms with Crippen LogP contribution in [0.3, 0.4) is 0 Å². The number of carbonyl (C=O) groups excluding carboxylic acids is 2. The molecule has 2 rings (SSSR count). The van der Waals surface area contributed by atoms with Crippen molar-refractivity contribution >= 4 is 21.8 Å². The zero-order valence-electron chi connectivity index (χ0n) is 14.3. The predicted molar refractivity (Wildman–Crippen MR) is 89.4 cm³/mol. The molecule has 0 saturated carbocycles. The Bertz CT molecular complexity index is 960. The van der Waals surface area contributed by atoms with Gasteiger partial charge in [-0.25, -0.2) is 22.0 Å². The van der Waals surface area contributed by atoms with Crippen molar-refractivity contribution in [2.45, 2.75) is 4.90 Å². The van der Waals surface area contributed by atoms with Gasteiger partial charge in [0.05, 0.1) is 23.1 Å². The molecule has 0 N–H and O–H groups in total. The van der Waals surface area contributed by atoms with Gasteiger partial charge in [-0.15, -0.1) is 0 Å². The van der Waals surface area contributed by atoms with Crippen LogP contribution < -0.4 is 0 Å². The van der Waals surface area contributed by atoms with E-state index < -0.39 is 45.6 Å². The summed E-state index contributed by atoms with van der Waals surface area (Å²) in [6.07, 6.45) is 0. The molecule has 0 saturated heterocycles. The second-order valence-corrected chi connectivity index (χ2v) is 7.18. The Balaban J connectivity index is 2.06. The van der Waals surface area contributed by atoms with E-state index in [1.165, 1.54) is 26.3 Å². The molecule has 0 radical (unpaired) electrons. The number of rotatable bonds is 7. The lowest BCUT2D eigenvalue weighted by Gasteiger charge is -2.14. The second-order valence-electron chi connectivity index (χ2n) is 5.25. The maximum absolute atomic E-state index is 13.5. The van der Waals surface area contributed by atoms with Crippen LogP contribution in [0.2, 0.25) is 0 Å². The molecule has 0 bridgehead atoms. The average Bonchev–Trinajstić information content (AvgIpc) is 2.66. The highest BCUT2D eigenvalue weighted by Gasteiger charge is 2.21. The van der Waals surface area contributed by atoms with Gasteiger partial charge in [0, 0.05) is 7.05 Å². The SMILES string of the molecule is CON(C)S(=O)(=O)c1ccc(C(=O)OCC(=O)c2cc(F)ccc2F)cc1. The molecule has 0 aliphatic carbocycles. The van der Waals surface area contributed by atoms with E-state index in [4.69, 9.17) is 4.74 Å². The number of ether oxygens (including phenoxy) is 1. The highest BCUT2D eigenvalue weighted by atomic mass is 32.2. The average molecular weight is 399 g/mol. The maximum Gasteiger partial charge on any atom is 0.338 e. The van der Waals surface area contributed by atoms with E-state index in [2.05, 4.69) is 4.84 Å². The fraction of sp³-hybridized carbons (Fsp3) is 0.176. The Labute approximate surface area is 154 Å². The first kappa shape index (κ1) is 20.6. The van der Waals surface area contributed by atoms with Crippen LogP contribution in [-0.4, -0.2) is 45.4 Å². The number of benzene rings is 2. The van der Waals surface area contributed by atoms with Crippen LogP contribution in [0.5, 0.6) is 0 Å². The number of esters is 1. The molecule has 0 aliphatic rings. The Kier molecular flexibility index (Phi) is 6.37. The molecule has 0 amide bonds. The summed E-state index contributed by atoms with van der Waals surface area (Å²) < 4.78 is 56.1. The smallest absolute Gasteiger partial charge is 0.338 e. The highest BCUT2D eigenvalue weighted by Crippen LogP contribution is 2.16. The molecule has 0 atom stereocenters. The molecule has 0 unspecified atom stereocenters. The van der Waals surface area contributed by atoms with Crippen molar-refractivity contribution in [2.24, 2.45) is 0 Å². The minimum atomic E-state index is -3.87. The van der Waals surface area contributed by atoms with Crippen molar-refractivity contribution in [3.8, 4) is 0 Å². The molecule has 144 valence electrons. The lowest BCUT2D eigenvalue weighted by molar-refractivity contribution is -0.0258. The molecule has 2 aromatic carbocycles. The van der Waals surface area contributed by atoms with E-state index in [1.807, 2.05) is 0 Å². The van der Waals surface area contributed by atoms with Crippen LogP contribution in [0.4, 0.5) is 8.78 Å². The van der Waals surface area contributed by atoms with Gasteiger partial charge in [-0.05, 0) is 42.5 Å².